The number of thioether (sulfide) groups is 1. The summed E-state index contributed by atoms with van der Waals surface area (Å²) in [7, 11) is 0. The Morgan fingerprint density at radius 1 is 1.27 bits per heavy atom. The predicted octanol–water partition coefficient (Wildman–Crippen LogP) is 2.40. The van der Waals surface area contributed by atoms with Gasteiger partial charge in [-0.15, -0.1) is 10.2 Å². The molecule has 7 nitrogen and oxygen atoms in total. The Hall–Kier alpha value is -3.38. The minimum Gasteiger partial charge on any atom is -0.335 e. The van der Waals surface area contributed by atoms with Crippen molar-refractivity contribution in [3.05, 3.63) is 59.9 Å². The number of carbonyl (C=O) groups is 1. The fourth-order valence-corrected chi connectivity index (χ4v) is 2.85. The van der Waals surface area contributed by atoms with Crippen LogP contribution in [0.3, 0.4) is 0 Å². The number of nitrogens with one attached hydrogen (secondary N) is 1. The van der Waals surface area contributed by atoms with E-state index in [-0.39, 0.29) is 28.2 Å². The van der Waals surface area contributed by atoms with Gasteiger partial charge in [0.15, 0.2) is 5.82 Å². The maximum Gasteiger partial charge on any atom is 0.234 e. The first-order valence-corrected chi connectivity index (χ1v) is 8.45. The van der Waals surface area contributed by atoms with E-state index in [1.807, 2.05) is 6.07 Å². The number of amides is 1. The number of halogens is 1. The van der Waals surface area contributed by atoms with Crippen molar-refractivity contribution < 1.29 is 9.18 Å². The number of nitrogens with two attached hydrogens (primary N) is 1. The van der Waals surface area contributed by atoms with Gasteiger partial charge in [-0.1, -0.05) is 30.0 Å². The molecule has 0 saturated heterocycles. The average Bonchev–Trinajstić information content (AvgIpc) is 3.01. The van der Waals surface area contributed by atoms with Crippen molar-refractivity contribution in [2.24, 2.45) is 0 Å². The van der Waals surface area contributed by atoms with Gasteiger partial charge in [-0.2, -0.15) is 5.26 Å². The lowest BCUT2D eigenvalue weighted by Gasteiger charge is -2.06. The van der Waals surface area contributed by atoms with Crippen molar-refractivity contribution in [1.29, 1.82) is 5.26 Å². The summed E-state index contributed by atoms with van der Waals surface area (Å²) in [6.07, 6.45) is 0. The molecule has 0 spiro atoms. The largest absolute Gasteiger partial charge is 0.335 e. The van der Waals surface area contributed by atoms with Crippen molar-refractivity contribution in [3.63, 3.8) is 0 Å². The molecule has 0 bridgehead atoms. The number of nitriles is 1. The Bertz CT molecular complexity index is 997. The number of rotatable bonds is 5. The molecule has 0 fully saturated rings. The molecule has 0 aliphatic heterocycles. The van der Waals surface area contributed by atoms with Crippen LogP contribution in [0.4, 0.5) is 10.1 Å². The number of nitrogens with zero attached hydrogens (tertiary/aromatic N) is 4. The Kier molecular flexibility index (Phi) is 5.15. The summed E-state index contributed by atoms with van der Waals surface area (Å²) in [5.41, 5.74) is 1.20. The van der Waals surface area contributed by atoms with Crippen LogP contribution in [0, 0.1) is 17.1 Å². The fourth-order valence-electron chi connectivity index (χ4n) is 2.20. The summed E-state index contributed by atoms with van der Waals surface area (Å²) < 4.78 is 15.0. The molecule has 1 heterocycles. The first kappa shape index (κ1) is 17.4. The summed E-state index contributed by atoms with van der Waals surface area (Å²) >= 11 is 1.07. The molecule has 26 heavy (non-hydrogen) atoms. The van der Waals surface area contributed by atoms with E-state index in [9.17, 15) is 9.18 Å². The second-order valence-corrected chi connectivity index (χ2v) is 6.13. The first-order chi connectivity index (χ1) is 12.6. The summed E-state index contributed by atoms with van der Waals surface area (Å²) in [5, 5.41) is 19.6. The van der Waals surface area contributed by atoms with E-state index in [2.05, 4.69) is 15.5 Å². The maximum atomic E-state index is 13.9. The van der Waals surface area contributed by atoms with E-state index >= 15 is 0 Å². The number of aromatic nitrogens is 3. The van der Waals surface area contributed by atoms with Crippen LogP contribution in [0.2, 0.25) is 0 Å². The minimum absolute atomic E-state index is 0.0311. The first-order valence-electron chi connectivity index (χ1n) is 7.46. The summed E-state index contributed by atoms with van der Waals surface area (Å²) in [5.74, 6) is 5.37. The zero-order valence-corrected chi connectivity index (χ0v) is 14.2. The van der Waals surface area contributed by atoms with Gasteiger partial charge in [0.2, 0.25) is 11.1 Å². The molecule has 2 aromatic carbocycles. The topological polar surface area (TPSA) is 110 Å². The van der Waals surface area contributed by atoms with Gasteiger partial charge < -0.3 is 11.2 Å². The lowest BCUT2D eigenvalue weighted by molar-refractivity contribution is -0.113. The number of benzene rings is 2. The Balaban J connectivity index is 1.66. The monoisotopic (exact) mass is 368 g/mol. The molecule has 0 saturated carbocycles. The highest BCUT2D eigenvalue weighted by atomic mass is 32.2. The summed E-state index contributed by atoms with van der Waals surface area (Å²) in [6, 6.07) is 14.7. The number of hydrogen-bond acceptors (Lipinski definition) is 6. The van der Waals surface area contributed by atoms with Crippen LogP contribution in [-0.2, 0) is 4.79 Å². The molecule has 0 unspecified atom stereocenters. The molecule has 0 atom stereocenters. The van der Waals surface area contributed by atoms with Crippen LogP contribution in [0.1, 0.15) is 5.56 Å². The highest BCUT2D eigenvalue weighted by molar-refractivity contribution is 7.99. The van der Waals surface area contributed by atoms with Crippen LogP contribution >= 0.6 is 11.8 Å². The number of carbonyl (C=O) groups excluding carboxylic acids is 1. The lowest BCUT2D eigenvalue weighted by Crippen LogP contribution is -2.16. The second kappa shape index (κ2) is 7.67. The Labute approximate surface area is 152 Å². The molecule has 3 N–H and O–H groups in total. The highest BCUT2D eigenvalue weighted by Gasteiger charge is 2.16. The third-order valence-electron chi connectivity index (χ3n) is 3.39. The van der Waals surface area contributed by atoms with Crippen LogP contribution in [0.15, 0.2) is 53.7 Å². The van der Waals surface area contributed by atoms with Crippen molar-refractivity contribution in [1.82, 2.24) is 14.9 Å². The van der Waals surface area contributed by atoms with E-state index in [4.69, 9.17) is 11.1 Å². The third-order valence-corrected chi connectivity index (χ3v) is 4.33. The molecular formula is C17H13FN6OS. The number of anilines is 1. The van der Waals surface area contributed by atoms with Crippen LogP contribution in [0.5, 0.6) is 0 Å². The van der Waals surface area contributed by atoms with E-state index in [0.29, 0.717) is 11.3 Å². The second-order valence-electron chi connectivity index (χ2n) is 5.19. The number of hydrogen-bond donors (Lipinski definition) is 2. The fraction of sp³-hybridized carbons (Fsp3) is 0.0588. The quantitative estimate of drug-likeness (QED) is 0.529. The normalized spacial score (nSPS) is 10.3. The van der Waals surface area contributed by atoms with Crippen molar-refractivity contribution in [2.45, 2.75) is 5.16 Å². The van der Waals surface area contributed by atoms with Crippen molar-refractivity contribution in [2.75, 3.05) is 16.9 Å². The molecule has 1 amide bonds. The van der Waals surface area contributed by atoms with Gasteiger partial charge in [-0.25, -0.2) is 9.07 Å². The summed E-state index contributed by atoms with van der Waals surface area (Å²) in [6.45, 7) is 0. The zero-order chi connectivity index (χ0) is 18.5. The molecule has 0 aliphatic rings. The molecule has 0 radical (unpaired) electrons. The molecular weight excluding hydrogens is 355 g/mol. The van der Waals surface area contributed by atoms with Gasteiger partial charge in [0.1, 0.15) is 5.82 Å². The molecule has 3 aromatic rings. The van der Waals surface area contributed by atoms with Gasteiger partial charge in [0.25, 0.3) is 0 Å². The molecule has 3 rings (SSSR count). The van der Waals surface area contributed by atoms with Gasteiger partial charge in [-0.3, -0.25) is 4.79 Å². The predicted molar refractivity (Wildman–Crippen MR) is 96.1 cm³/mol. The van der Waals surface area contributed by atoms with Crippen LogP contribution < -0.4 is 11.2 Å². The standard InChI is InChI=1S/C17H13FN6OS/c18-14-7-2-1-6-13(14)16-22-23-17(24(16)20)26-10-15(25)21-12-5-3-4-11(8-12)9-19/h1-8H,10,20H2,(H,21,25). The SMILES string of the molecule is N#Cc1cccc(NC(=O)CSc2nnc(-c3ccccc3F)n2N)c1. The minimum atomic E-state index is -0.460. The van der Waals surface area contributed by atoms with Gasteiger partial charge >= 0.3 is 0 Å². The number of nitrogen functional groups attached to an aromatic ring is 1. The van der Waals surface area contributed by atoms with Crippen molar-refractivity contribution in [3.8, 4) is 17.5 Å². The Morgan fingerprint density at radius 3 is 2.85 bits per heavy atom. The van der Waals surface area contributed by atoms with Gasteiger partial charge in [0, 0.05) is 5.69 Å². The third kappa shape index (κ3) is 3.81. The van der Waals surface area contributed by atoms with E-state index < -0.39 is 5.82 Å². The smallest absolute Gasteiger partial charge is 0.234 e. The van der Waals surface area contributed by atoms with Gasteiger partial charge in [0.05, 0.1) is 22.9 Å². The molecule has 0 aliphatic carbocycles. The molecule has 130 valence electrons. The van der Waals surface area contributed by atoms with Gasteiger partial charge in [-0.05, 0) is 30.3 Å². The van der Waals surface area contributed by atoms with Crippen molar-refractivity contribution >= 4 is 23.4 Å². The van der Waals surface area contributed by atoms with E-state index in [1.54, 1.807) is 42.5 Å². The molecule has 1 aromatic heterocycles. The Morgan fingerprint density at radius 2 is 2.08 bits per heavy atom. The highest BCUT2D eigenvalue weighted by Crippen LogP contribution is 2.23. The molecule has 9 heteroatoms. The summed E-state index contributed by atoms with van der Waals surface area (Å²) in [4.78, 5) is 12.1. The van der Waals surface area contributed by atoms with Crippen LogP contribution in [0.25, 0.3) is 11.4 Å². The zero-order valence-electron chi connectivity index (χ0n) is 13.4. The van der Waals surface area contributed by atoms with E-state index in [0.717, 1.165) is 16.4 Å². The van der Waals surface area contributed by atoms with Crippen LogP contribution in [-0.4, -0.2) is 26.5 Å². The maximum absolute atomic E-state index is 13.9. The lowest BCUT2D eigenvalue weighted by atomic mass is 10.2. The average molecular weight is 368 g/mol. The van der Waals surface area contributed by atoms with E-state index in [1.165, 1.54) is 6.07 Å².